The van der Waals surface area contributed by atoms with E-state index in [9.17, 15) is 5.11 Å². The van der Waals surface area contributed by atoms with Crippen LogP contribution < -0.4 is 10.5 Å². The van der Waals surface area contributed by atoms with Crippen LogP contribution in [0.15, 0.2) is 42.6 Å². The molecule has 0 aliphatic rings. The molecule has 0 atom stereocenters. The molecule has 18 heavy (non-hydrogen) atoms. The summed E-state index contributed by atoms with van der Waals surface area (Å²) in [6.45, 7) is -0.127. The van der Waals surface area contributed by atoms with E-state index in [1.165, 1.54) is 0 Å². The largest absolute Gasteiger partial charge is 0.438 e. The molecule has 5 heteroatoms. The van der Waals surface area contributed by atoms with E-state index in [-0.39, 0.29) is 18.3 Å². The van der Waals surface area contributed by atoms with Gasteiger partial charge in [-0.1, -0.05) is 18.2 Å². The molecule has 92 valence electrons. The lowest BCUT2D eigenvalue weighted by Crippen LogP contribution is -2.13. The summed E-state index contributed by atoms with van der Waals surface area (Å²) in [4.78, 5) is 4.05. The van der Waals surface area contributed by atoms with E-state index in [4.69, 9.17) is 15.9 Å². The van der Waals surface area contributed by atoms with E-state index >= 15 is 0 Å². The lowest BCUT2D eigenvalue weighted by Gasteiger charge is -2.11. The van der Waals surface area contributed by atoms with Crippen molar-refractivity contribution >= 4 is 5.84 Å². The van der Waals surface area contributed by atoms with Gasteiger partial charge in [0.1, 0.15) is 11.6 Å². The van der Waals surface area contributed by atoms with E-state index in [0.29, 0.717) is 16.9 Å². The number of aromatic nitrogens is 1. The third kappa shape index (κ3) is 2.46. The molecule has 0 amide bonds. The van der Waals surface area contributed by atoms with Crippen LogP contribution in [0.4, 0.5) is 0 Å². The number of benzene rings is 1. The zero-order valence-corrected chi connectivity index (χ0v) is 9.63. The number of ether oxygens (including phenoxy) is 1. The molecular formula is C13H13N3O2. The van der Waals surface area contributed by atoms with Gasteiger partial charge in [0.2, 0.25) is 5.88 Å². The van der Waals surface area contributed by atoms with Crippen LogP contribution in [0.3, 0.4) is 0 Å². The maximum atomic E-state index is 9.21. The van der Waals surface area contributed by atoms with Crippen LogP contribution >= 0.6 is 0 Å². The van der Waals surface area contributed by atoms with Crippen LogP contribution in [0.25, 0.3) is 0 Å². The first-order valence-electron chi connectivity index (χ1n) is 5.38. The van der Waals surface area contributed by atoms with Gasteiger partial charge in [0.05, 0.1) is 12.2 Å². The number of amidine groups is 1. The number of rotatable bonds is 4. The number of aliphatic hydroxyl groups excluding tert-OH is 1. The molecule has 0 aliphatic heterocycles. The quantitative estimate of drug-likeness (QED) is 0.562. The van der Waals surface area contributed by atoms with Gasteiger partial charge in [0.15, 0.2) is 0 Å². The molecule has 0 fully saturated rings. The summed E-state index contributed by atoms with van der Waals surface area (Å²) in [5, 5.41) is 16.7. The second kappa shape index (κ2) is 5.29. The fraction of sp³-hybridized carbons (Fsp3) is 0.0769. The molecular weight excluding hydrogens is 230 g/mol. The van der Waals surface area contributed by atoms with Crippen molar-refractivity contribution < 1.29 is 9.84 Å². The molecule has 2 aromatic rings. The topological polar surface area (TPSA) is 92.2 Å². The highest BCUT2D eigenvalue weighted by atomic mass is 16.5. The molecule has 0 unspecified atom stereocenters. The Morgan fingerprint density at radius 3 is 2.78 bits per heavy atom. The Hall–Kier alpha value is -2.40. The zero-order chi connectivity index (χ0) is 13.0. The smallest absolute Gasteiger partial charge is 0.230 e. The molecule has 0 spiro atoms. The van der Waals surface area contributed by atoms with E-state index in [1.807, 2.05) is 6.07 Å². The van der Waals surface area contributed by atoms with Crippen molar-refractivity contribution in [1.29, 1.82) is 5.41 Å². The van der Waals surface area contributed by atoms with Gasteiger partial charge < -0.3 is 15.6 Å². The first-order chi connectivity index (χ1) is 8.72. The van der Waals surface area contributed by atoms with Crippen LogP contribution in [0.5, 0.6) is 11.6 Å². The summed E-state index contributed by atoms with van der Waals surface area (Å²) in [5.41, 5.74) is 6.52. The summed E-state index contributed by atoms with van der Waals surface area (Å²) in [6, 6.07) is 10.4. The minimum absolute atomic E-state index is 0.112. The molecule has 0 saturated heterocycles. The number of nitrogen functional groups attached to an aromatic ring is 1. The Kier molecular flexibility index (Phi) is 3.54. The van der Waals surface area contributed by atoms with Gasteiger partial charge in [-0.25, -0.2) is 4.98 Å². The van der Waals surface area contributed by atoms with Gasteiger partial charge in [0, 0.05) is 11.8 Å². The lowest BCUT2D eigenvalue weighted by atomic mass is 10.2. The third-order valence-electron chi connectivity index (χ3n) is 2.41. The SMILES string of the molecule is N=C(N)c1cccnc1Oc1ccccc1CO. The highest BCUT2D eigenvalue weighted by Crippen LogP contribution is 2.25. The van der Waals surface area contributed by atoms with E-state index in [0.717, 1.165) is 0 Å². The van der Waals surface area contributed by atoms with Crippen molar-refractivity contribution in [2.24, 2.45) is 5.73 Å². The molecule has 2 rings (SSSR count). The van der Waals surface area contributed by atoms with Gasteiger partial charge in [-0.15, -0.1) is 0 Å². The number of para-hydroxylation sites is 1. The summed E-state index contributed by atoms with van der Waals surface area (Å²) in [7, 11) is 0. The summed E-state index contributed by atoms with van der Waals surface area (Å²) >= 11 is 0. The molecule has 0 aliphatic carbocycles. The van der Waals surface area contributed by atoms with Gasteiger partial charge >= 0.3 is 0 Å². The van der Waals surface area contributed by atoms with Crippen molar-refractivity contribution in [2.45, 2.75) is 6.61 Å². The number of aliphatic hydroxyl groups is 1. The van der Waals surface area contributed by atoms with Crippen LogP contribution in [0.2, 0.25) is 0 Å². The van der Waals surface area contributed by atoms with E-state index in [1.54, 1.807) is 36.5 Å². The number of nitrogens with one attached hydrogen (secondary N) is 1. The maximum Gasteiger partial charge on any atom is 0.230 e. The van der Waals surface area contributed by atoms with Gasteiger partial charge in [-0.2, -0.15) is 0 Å². The molecule has 5 nitrogen and oxygen atoms in total. The average Bonchev–Trinajstić information content (AvgIpc) is 2.40. The number of hydrogen-bond donors (Lipinski definition) is 3. The molecule has 4 N–H and O–H groups in total. The Bertz CT molecular complexity index is 570. The average molecular weight is 243 g/mol. The molecule has 1 aromatic carbocycles. The first kappa shape index (κ1) is 12.1. The number of nitrogens with two attached hydrogens (primary N) is 1. The Morgan fingerprint density at radius 2 is 2.06 bits per heavy atom. The second-order valence-electron chi connectivity index (χ2n) is 3.64. The zero-order valence-electron chi connectivity index (χ0n) is 9.63. The minimum atomic E-state index is -0.127. The van der Waals surface area contributed by atoms with Crippen LogP contribution in [0, 0.1) is 5.41 Å². The van der Waals surface area contributed by atoms with Gasteiger partial charge in [-0.3, -0.25) is 5.41 Å². The summed E-state index contributed by atoms with van der Waals surface area (Å²) in [5.74, 6) is 0.645. The minimum Gasteiger partial charge on any atom is -0.438 e. The summed E-state index contributed by atoms with van der Waals surface area (Å²) < 4.78 is 5.60. The fourth-order valence-corrected chi connectivity index (χ4v) is 1.52. The third-order valence-corrected chi connectivity index (χ3v) is 2.41. The second-order valence-corrected chi connectivity index (χ2v) is 3.64. The Morgan fingerprint density at radius 1 is 1.28 bits per heavy atom. The Balaban J connectivity index is 2.37. The number of hydrogen-bond acceptors (Lipinski definition) is 4. The monoisotopic (exact) mass is 243 g/mol. The van der Waals surface area contributed by atoms with Crippen LogP contribution in [0.1, 0.15) is 11.1 Å². The molecule has 1 heterocycles. The molecule has 1 aromatic heterocycles. The van der Waals surface area contributed by atoms with Crippen molar-refractivity contribution in [3.8, 4) is 11.6 Å². The predicted molar refractivity (Wildman–Crippen MR) is 67.7 cm³/mol. The van der Waals surface area contributed by atoms with Crippen LogP contribution in [-0.4, -0.2) is 15.9 Å². The lowest BCUT2D eigenvalue weighted by molar-refractivity contribution is 0.276. The van der Waals surface area contributed by atoms with Crippen molar-refractivity contribution in [3.05, 3.63) is 53.7 Å². The fourth-order valence-electron chi connectivity index (χ4n) is 1.52. The molecule has 0 radical (unpaired) electrons. The number of nitrogens with zero attached hydrogens (tertiary/aromatic N) is 1. The van der Waals surface area contributed by atoms with Crippen molar-refractivity contribution in [3.63, 3.8) is 0 Å². The van der Waals surface area contributed by atoms with Crippen molar-refractivity contribution in [2.75, 3.05) is 0 Å². The van der Waals surface area contributed by atoms with Gasteiger partial charge in [-0.05, 0) is 18.2 Å². The predicted octanol–water partition coefficient (Wildman–Crippen LogP) is 1.65. The van der Waals surface area contributed by atoms with E-state index < -0.39 is 0 Å². The van der Waals surface area contributed by atoms with E-state index in [2.05, 4.69) is 4.98 Å². The molecule has 0 saturated carbocycles. The van der Waals surface area contributed by atoms with Gasteiger partial charge in [0.25, 0.3) is 0 Å². The van der Waals surface area contributed by atoms with Crippen molar-refractivity contribution in [1.82, 2.24) is 4.98 Å². The Labute approximate surface area is 104 Å². The number of pyridine rings is 1. The maximum absolute atomic E-state index is 9.21. The highest BCUT2D eigenvalue weighted by Gasteiger charge is 2.10. The molecule has 0 bridgehead atoms. The summed E-state index contributed by atoms with van der Waals surface area (Å²) in [6.07, 6.45) is 1.56. The van der Waals surface area contributed by atoms with Crippen LogP contribution in [-0.2, 0) is 6.61 Å². The normalized spacial score (nSPS) is 10.1. The standard InChI is InChI=1S/C13H13N3O2/c14-12(15)10-5-3-7-16-13(10)18-11-6-2-1-4-9(11)8-17/h1-7,17H,8H2,(H3,14,15). The highest BCUT2D eigenvalue weighted by molar-refractivity contribution is 5.97. The first-order valence-corrected chi connectivity index (χ1v) is 5.38.